The Morgan fingerprint density at radius 3 is 2.32 bits per heavy atom. The van der Waals surface area contributed by atoms with E-state index in [1.54, 1.807) is 0 Å². The van der Waals surface area contributed by atoms with Crippen LogP contribution in [-0.2, 0) is 10.8 Å². The Hall–Kier alpha value is -0.180. The molecule has 2 atom stereocenters. The molecule has 1 heterocycles. The normalized spacial score (nSPS) is 35.7. The maximum Gasteiger partial charge on any atom is 0.136 e. The highest BCUT2D eigenvalue weighted by atomic mass is 32.2. The van der Waals surface area contributed by atoms with Gasteiger partial charge < -0.3 is 0 Å². The first-order chi connectivity index (χ1) is 9.32. The maximum atomic E-state index is 13.0. The zero-order chi connectivity index (χ0) is 13.1. The fourth-order valence-electron chi connectivity index (χ4n) is 4.02. The minimum atomic E-state index is -0.726. The summed E-state index contributed by atoms with van der Waals surface area (Å²) in [5.74, 6) is 0. The summed E-state index contributed by atoms with van der Waals surface area (Å²) in [6.45, 7) is 0. The highest BCUT2D eigenvalue weighted by Crippen LogP contribution is 2.41. The molecule has 2 unspecified atom stereocenters. The monoisotopic (exact) mass is 281 g/mol. The van der Waals surface area contributed by atoms with Gasteiger partial charge in [0.05, 0.1) is 16.0 Å². The van der Waals surface area contributed by atoms with E-state index >= 15 is 0 Å². The summed E-state index contributed by atoms with van der Waals surface area (Å²) < 4.78 is 13.0. The molecule has 0 aromatic rings. The van der Waals surface area contributed by atoms with Crippen LogP contribution in [-0.4, -0.2) is 20.0 Å². The Balaban J connectivity index is 1.82. The van der Waals surface area contributed by atoms with Gasteiger partial charge in [0.15, 0.2) is 0 Å². The van der Waals surface area contributed by atoms with Crippen LogP contribution in [0.5, 0.6) is 0 Å². The van der Waals surface area contributed by atoms with E-state index in [-0.39, 0.29) is 4.87 Å². The Bertz CT molecular complexity index is 369. The van der Waals surface area contributed by atoms with Gasteiger partial charge in [-0.15, -0.1) is 0 Å². The third-order valence-electron chi connectivity index (χ3n) is 5.14. The van der Waals surface area contributed by atoms with Crippen molar-refractivity contribution in [1.82, 2.24) is 0 Å². The van der Waals surface area contributed by atoms with Crippen LogP contribution in [0.15, 0.2) is 4.99 Å². The lowest BCUT2D eigenvalue weighted by Gasteiger charge is -2.28. The summed E-state index contributed by atoms with van der Waals surface area (Å²) >= 11 is 0. The fourth-order valence-corrected chi connectivity index (χ4v) is 6.24. The van der Waals surface area contributed by atoms with E-state index < -0.39 is 10.8 Å². The van der Waals surface area contributed by atoms with Crippen LogP contribution in [0.1, 0.15) is 83.5 Å². The minimum Gasteiger partial charge on any atom is -0.273 e. The highest BCUT2D eigenvalue weighted by molar-refractivity contribution is 7.88. The molecule has 2 nitrogen and oxygen atoms in total. The molecule has 19 heavy (non-hydrogen) atoms. The van der Waals surface area contributed by atoms with Gasteiger partial charge in [0, 0.05) is 5.71 Å². The van der Waals surface area contributed by atoms with Crippen LogP contribution in [0.3, 0.4) is 0 Å². The van der Waals surface area contributed by atoms with E-state index in [0.717, 1.165) is 25.7 Å². The van der Waals surface area contributed by atoms with E-state index in [0.29, 0.717) is 5.25 Å². The second-order valence-electron chi connectivity index (χ2n) is 6.56. The topological polar surface area (TPSA) is 29.4 Å². The van der Waals surface area contributed by atoms with Gasteiger partial charge >= 0.3 is 0 Å². The van der Waals surface area contributed by atoms with Crippen molar-refractivity contribution in [2.45, 2.75) is 93.6 Å². The first kappa shape index (κ1) is 13.8. The molecule has 0 aromatic heterocycles. The highest BCUT2D eigenvalue weighted by Gasteiger charge is 2.46. The Kier molecular flexibility index (Phi) is 4.40. The molecule has 0 N–H and O–H groups in total. The van der Waals surface area contributed by atoms with Gasteiger partial charge in [0.1, 0.15) is 4.87 Å². The largest absolute Gasteiger partial charge is 0.273 e. The van der Waals surface area contributed by atoms with Gasteiger partial charge in [-0.05, 0) is 32.1 Å². The van der Waals surface area contributed by atoms with Gasteiger partial charge in [0.25, 0.3) is 0 Å². The standard InChI is InChI=1S/C16H27NOS/c18-19-15-11-7-3-2-6-10-14(15)17-16(19)12-8-4-1-5-9-13-16/h15H,1-13H2. The summed E-state index contributed by atoms with van der Waals surface area (Å²) in [6, 6.07) is 0. The summed E-state index contributed by atoms with van der Waals surface area (Å²) in [5.41, 5.74) is 1.33. The molecule has 3 rings (SSSR count). The number of aliphatic imine (C=N–C) groups is 1. The molecular weight excluding hydrogens is 254 g/mol. The van der Waals surface area contributed by atoms with E-state index in [1.165, 1.54) is 63.5 Å². The fraction of sp³-hybridized carbons (Fsp3) is 0.938. The Morgan fingerprint density at radius 2 is 1.53 bits per heavy atom. The van der Waals surface area contributed by atoms with Crippen molar-refractivity contribution in [2.75, 3.05) is 0 Å². The smallest absolute Gasteiger partial charge is 0.136 e. The molecule has 2 aliphatic carbocycles. The van der Waals surface area contributed by atoms with E-state index in [1.807, 2.05) is 0 Å². The lowest BCUT2D eigenvalue weighted by Crippen LogP contribution is -2.34. The van der Waals surface area contributed by atoms with Gasteiger partial charge in [0.2, 0.25) is 0 Å². The maximum absolute atomic E-state index is 13.0. The van der Waals surface area contributed by atoms with E-state index in [2.05, 4.69) is 0 Å². The van der Waals surface area contributed by atoms with E-state index in [4.69, 9.17) is 4.99 Å². The van der Waals surface area contributed by atoms with Crippen molar-refractivity contribution in [1.29, 1.82) is 0 Å². The molecule has 3 aliphatic rings. The molecule has 0 saturated heterocycles. The quantitative estimate of drug-likeness (QED) is 0.649. The van der Waals surface area contributed by atoms with E-state index in [9.17, 15) is 4.21 Å². The molecular formula is C16H27NOS. The predicted octanol–water partition coefficient (Wildman–Crippen LogP) is 4.35. The van der Waals surface area contributed by atoms with Crippen molar-refractivity contribution in [3.63, 3.8) is 0 Å². The molecule has 3 heteroatoms. The number of hydrogen-bond donors (Lipinski definition) is 0. The molecule has 2 saturated carbocycles. The lowest BCUT2D eigenvalue weighted by molar-refractivity contribution is 0.418. The number of hydrogen-bond acceptors (Lipinski definition) is 2. The van der Waals surface area contributed by atoms with Gasteiger partial charge in [-0.25, -0.2) is 0 Å². The predicted molar refractivity (Wildman–Crippen MR) is 82.1 cm³/mol. The lowest BCUT2D eigenvalue weighted by atomic mass is 9.95. The van der Waals surface area contributed by atoms with Crippen LogP contribution in [0.25, 0.3) is 0 Å². The first-order valence-corrected chi connectivity index (χ1v) is 9.52. The van der Waals surface area contributed by atoms with Crippen molar-refractivity contribution >= 4 is 16.5 Å². The van der Waals surface area contributed by atoms with Crippen molar-refractivity contribution < 1.29 is 4.21 Å². The Morgan fingerprint density at radius 1 is 0.895 bits per heavy atom. The second kappa shape index (κ2) is 6.07. The van der Waals surface area contributed by atoms with Gasteiger partial charge in [-0.3, -0.25) is 9.20 Å². The zero-order valence-corrected chi connectivity index (χ0v) is 12.8. The molecule has 0 radical (unpaired) electrons. The number of fused-ring (bicyclic) bond motifs is 1. The molecule has 108 valence electrons. The third-order valence-corrected chi connectivity index (χ3v) is 7.41. The van der Waals surface area contributed by atoms with Crippen molar-refractivity contribution in [3.05, 3.63) is 0 Å². The molecule has 1 spiro atoms. The van der Waals surface area contributed by atoms with Gasteiger partial charge in [-0.2, -0.15) is 0 Å². The summed E-state index contributed by atoms with van der Waals surface area (Å²) in [4.78, 5) is 4.94. The Labute approximate surface area is 119 Å². The van der Waals surface area contributed by atoms with Gasteiger partial charge in [-0.1, -0.05) is 51.4 Å². The summed E-state index contributed by atoms with van der Waals surface area (Å²) in [5, 5.41) is 0.319. The van der Waals surface area contributed by atoms with Crippen LogP contribution in [0.4, 0.5) is 0 Å². The minimum absolute atomic E-state index is 0.162. The SMILES string of the molecule is O=S1C2CCCCCCC2=NC12CCCCCCC2. The van der Waals surface area contributed by atoms with Crippen molar-refractivity contribution in [3.8, 4) is 0 Å². The molecule has 1 aliphatic heterocycles. The molecule has 2 fully saturated rings. The summed E-state index contributed by atoms with van der Waals surface area (Å²) in [6.07, 6.45) is 16.1. The van der Waals surface area contributed by atoms with Crippen LogP contribution < -0.4 is 0 Å². The molecule has 0 aromatic carbocycles. The molecule has 0 amide bonds. The van der Waals surface area contributed by atoms with Crippen LogP contribution in [0, 0.1) is 0 Å². The first-order valence-electron chi connectivity index (χ1n) is 8.31. The second-order valence-corrected chi connectivity index (χ2v) is 8.48. The third kappa shape index (κ3) is 2.81. The number of rotatable bonds is 0. The zero-order valence-electron chi connectivity index (χ0n) is 12.0. The average Bonchev–Trinajstić information content (AvgIpc) is 2.58. The summed E-state index contributed by atoms with van der Waals surface area (Å²) in [7, 11) is -0.726. The van der Waals surface area contributed by atoms with Crippen molar-refractivity contribution in [2.24, 2.45) is 4.99 Å². The average molecular weight is 281 g/mol. The number of nitrogens with zero attached hydrogens (tertiary/aromatic N) is 1. The molecule has 0 bridgehead atoms. The van der Waals surface area contributed by atoms with Crippen LogP contribution >= 0.6 is 0 Å². The van der Waals surface area contributed by atoms with Crippen LogP contribution in [0.2, 0.25) is 0 Å².